The van der Waals surface area contributed by atoms with Crippen molar-refractivity contribution in [3.63, 3.8) is 0 Å². The van der Waals surface area contributed by atoms with Crippen LogP contribution in [0.3, 0.4) is 0 Å². The molecular formula is C22H21FN2O4S. The monoisotopic (exact) mass is 428 g/mol. The molecule has 1 saturated heterocycles. The molecule has 2 aromatic rings. The van der Waals surface area contributed by atoms with Crippen LogP contribution < -0.4 is 5.32 Å². The molecule has 0 radical (unpaired) electrons. The summed E-state index contributed by atoms with van der Waals surface area (Å²) in [6.07, 6.45) is 1.85. The topological polar surface area (TPSA) is 86.7 Å². The lowest BCUT2D eigenvalue weighted by molar-refractivity contribution is -0.124. The molecule has 1 atom stereocenters. The van der Waals surface area contributed by atoms with E-state index in [2.05, 4.69) is 5.32 Å². The molecule has 1 aliphatic rings. The van der Waals surface area contributed by atoms with Gasteiger partial charge < -0.3 is 10.4 Å². The molecule has 0 spiro atoms. The molecule has 8 heteroatoms. The summed E-state index contributed by atoms with van der Waals surface area (Å²) in [6, 6.07) is 14.7. The van der Waals surface area contributed by atoms with E-state index in [0.717, 1.165) is 22.2 Å². The van der Waals surface area contributed by atoms with Crippen molar-refractivity contribution in [2.24, 2.45) is 0 Å². The smallest absolute Gasteiger partial charge is 0.293 e. The summed E-state index contributed by atoms with van der Waals surface area (Å²) in [7, 11) is 0. The average Bonchev–Trinajstić information content (AvgIpc) is 2.99. The van der Waals surface area contributed by atoms with Gasteiger partial charge in [-0.05, 0) is 47.5 Å². The molecule has 3 rings (SSSR count). The number of aliphatic hydroxyl groups is 1. The van der Waals surface area contributed by atoms with Gasteiger partial charge in [0.05, 0.1) is 17.6 Å². The second-order valence-electron chi connectivity index (χ2n) is 6.78. The predicted molar refractivity (Wildman–Crippen MR) is 113 cm³/mol. The third kappa shape index (κ3) is 5.77. The number of nitrogens with zero attached hydrogens (tertiary/aromatic N) is 1. The van der Waals surface area contributed by atoms with Gasteiger partial charge in [0.1, 0.15) is 5.82 Å². The van der Waals surface area contributed by atoms with Gasteiger partial charge in [0, 0.05) is 13.0 Å². The molecule has 0 saturated carbocycles. The van der Waals surface area contributed by atoms with E-state index < -0.39 is 23.0 Å². The largest absolute Gasteiger partial charge is 0.394 e. The third-order valence-electron chi connectivity index (χ3n) is 4.49. The van der Waals surface area contributed by atoms with Crippen molar-refractivity contribution in [3.05, 3.63) is 76.4 Å². The Kier molecular flexibility index (Phi) is 7.37. The van der Waals surface area contributed by atoms with Gasteiger partial charge in [-0.15, -0.1) is 0 Å². The zero-order valence-electron chi connectivity index (χ0n) is 16.1. The number of thioether (sulfide) groups is 1. The molecule has 156 valence electrons. The summed E-state index contributed by atoms with van der Waals surface area (Å²) in [4.78, 5) is 38.1. The zero-order chi connectivity index (χ0) is 21.5. The summed E-state index contributed by atoms with van der Waals surface area (Å²) < 4.78 is 13.3. The standard InChI is InChI=1S/C22H21FN2O4S/c23-17-8-4-7-16(11-17)13-19-21(28)25(22(29)30-19)10-9-20(27)24-18(14-26)12-15-5-2-1-3-6-15/h1-8,11,13,18,26H,9-10,12,14H2,(H,24,27)/b19-13-. The number of nitrogens with one attached hydrogen (secondary N) is 1. The molecule has 6 nitrogen and oxygen atoms in total. The van der Waals surface area contributed by atoms with Crippen molar-refractivity contribution < 1.29 is 23.9 Å². The first-order chi connectivity index (χ1) is 14.5. The number of carbonyl (C=O) groups excluding carboxylic acids is 3. The van der Waals surface area contributed by atoms with Gasteiger partial charge >= 0.3 is 0 Å². The van der Waals surface area contributed by atoms with Gasteiger partial charge in [-0.1, -0.05) is 42.5 Å². The fraction of sp³-hybridized carbons (Fsp3) is 0.227. The minimum absolute atomic E-state index is 0.0690. The molecule has 1 unspecified atom stereocenters. The number of aliphatic hydroxyl groups excluding tert-OH is 1. The molecule has 0 aromatic heterocycles. The Hall–Kier alpha value is -2.97. The van der Waals surface area contributed by atoms with Crippen LogP contribution in [-0.4, -0.2) is 46.3 Å². The van der Waals surface area contributed by atoms with Crippen LogP contribution in [0.4, 0.5) is 9.18 Å². The second kappa shape index (κ2) is 10.2. The highest BCUT2D eigenvalue weighted by Crippen LogP contribution is 2.32. The van der Waals surface area contributed by atoms with Gasteiger partial charge in [-0.3, -0.25) is 19.3 Å². The normalized spacial score (nSPS) is 16.2. The maximum atomic E-state index is 13.3. The van der Waals surface area contributed by atoms with Crippen molar-refractivity contribution in [1.29, 1.82) is 0 Å². The lowest BCUT2D eigenvalue weighted by atomic mass is 10.1. The van der Waals surface area contributed by atoms with Crippen LogP contribution in [0.2, 0.25) is 0 Å². The Morgan fingerprint density at radius 2 is 1.93 bits per heavy atom. The number of rotatable bonds is 8. The maximum absolute atomic E-state index is 13.3. The Morgan fingerprint density at radius 1 is 1.17 bits per heavy atom. The van der Waals surface area contributed by atoms with E-state index in [1.165, 1.54) is 24.3 Å². The summed E-state index contributed by atoms with van der Waals surface area (Å²) in [5.74, 6) is -1.31. The number of hydrogen-bond acceptors (Lipinski definition) is 5. The Balaban J connectivity index is 1.55. The van der Waals surface area contributed by atoms with Crippen molar-refractivity contribution in [2.75, 3.05) is 13.2 Å². The Bertz CT molecular complexity index is 965. The highest BCUT2D eigenvalue weighted by molar-refractivity contribution is 8.18. The van der Waals surface area contributed by atoms with Crippen molar-refractivity contribution in [3.8, 4) is 0 Å². The average molecular weight is 428 g/mol. The van der Waals surface area contributed by atoms with E-state index in [9.17, 15) is 23.9 Å². The van der Waals surface area contributed by atoms with E-state index in [0.29, 0.717) is 12.0 Å². The number of amides is 3. The minimum Gasteiger partial charge on any atom is -0.394 e. The molecule has 3 amide bonds. The van der Waals surface area contributed by atoms with E-state index in [1.54, 1.807) is 6.07 Å². The Morgan fingerprint density at radius 3 is 2.63 bits per heavy atom. The lowest BCUT2D eigenvalue weighted by Gasteiger charge is -2.18. The lowest BCUT2D eigenvalue weighted by Crippen LogP contribution is -2.41. The summed E-state index contributed by atoms with van der Waals surface area (Å²) in [6.45, 7) is -0.293. The number of imide groups is 1. The van der Waals surface area contributed by atoms with Gasteiger partial charge in [-0.2, -0.15) is 0 Å². The first-order valence-corrected chi connectivity index (χ1v) is 10.2. The molecule has 0 bridgehead atoms. The number of benzene rings is 2. The van der Waals surface area contributed by atoms with Crippen molar-refractivity contribution in [1.82, 2.24) is 10.2 Å². The molecule has 2 N–H and O–H groups in total. The summed E-state index contributed by atoms with van der Waals surface area (Å²) >= 11 is 0.759. The van der Waals surface area contributed by atoms with Gasteiger partial charge in [0.15, 0.2) is 0 Å². The fourth-order valence-corrected chi connectivity index (χ4v) is 3.88. The van der Waals surface area contributed by atoms with Crippen LogP contribution in [-0.2, 0) is 16.0 Å². The predicted octanol–water partition coefficient (Wildman–Crippen LogP) is 2.97. The van der Waals surface area contributed by atoms with Crippen molar-refractivity contribution in [2.45, 2.75) is 18.9 Å². The summed E-state index contributed by atoms with van der Waals surface area (Å²) in [5.41, 5.74) is 1.45. The molecule has 1 fully saturated rings. The van der Waals surface area contributed by atoms with Crippen LogP contribution in [0, 0.1) is 5.82 Å². The second-order valence-corrected chi connectivity index (χ2v) is 7.77. The SMILES string of the molecule is O=C(CCN1C(=O)S/C(=C\c2cccc(F)c2)C1=O)NC(CO)Cc1ccccc1. The van der Waals surface area contributed by atoms with Crippen LogP contribution in [0.5, 0.6) is 0 Å². The zero-order valence-corrected chi connectivity index (χ0v) is 16.9. The third-order valence-corrected chi connectivity index (χ3v) is 5.40. The molecule has 30 heavy (non-hydrogen) atoms. The van der Waals surface area contributed by atoms with Gasteiger partial charge in [-0.25, -0.2) is 4.39 Å². The van der Waals surface area contributed by atoms with E-state index in [1.807, 2.05) is 30.3 Å². The highest BCUT2D eigenvalue weighted by Gasteiger charge is 2.35. The number of halogens is 1. The van der Waals surface area contributed by atoms with E-state index in [4.69, 9.17) is 0 Å². The number of carbonyl (C=O) groups is 3. The van der Waals surface area contributed by atoms with Crippen molar-refractivity contribution >= 4 is 34.9 Å². The van der Waals surface area contributed by atoms with Crippen LogP contribution >= 0.6 is 11.8 Å². The quantitative estimate of drug-likeness (QED) is 0.632. The van der Waals surface area contributed by atoms with E-state index in [-0.39, 0.29) is 30.4 Å². The molecule has 2 aromatic carbocycles. The van der Waals surface area contributed by atoms with E-state index >= 15 is 0 Å². The van der Waals surface area contributed by atoms with Crippen LogP contribution in [0.1, 0.15) is 17.5 Å². The Labute approximate surface area is 177 Å². The molecule has 1 heterocycles. The van der Waals surface area contributed by atoms with Crippen LogP contribution in [0.15, 0.2) is 59.5 Å². The summed E-state index contributed by atoms with van der Waals surface area (Å²) in [5, 5.41) is 11.8. The van der Waals surface area contributed by atoms with Gasteiger partial charge in [0.2, 0.25) is 5.91 Å². The minimum atomic E-state index is -0.509. The molecule has 1 aliphatic heterocycles. The van der Waals surface area contributed by atoms with Gasteiger partial charge in [0.25, 0.3) is 11.1 Å². The number of hydrogen-bond donors (Lipinski definition) is 2. The molecular weight excluding hydrogens is 407 g/mol. The highest BCUT2D eigenvalue weighted by atomic mass is 32.2. The maximum Gasteiger partial charge on any atom is 0.293 e. The molecule has 0 aliphatic carbocycles. The van der Waals surface area contributed by atoms with Crippen LogP contribution in [0.25, 0.3) is 6.08 Å². The first-order valence-electron chi connectivity index (χ1n) is 9.41. The first kappa shape index (κ1) is 21.7. The fourth-order valence-electron chi connectivity index (χ4n) is 3.01.